The third kappa shape index (κ3) is 4.02. The van der Waals surface area contributed by atoms with Crippen LogP contribution in [0.4, 0.5) is 13.2 Å². The van der Waals surface area contributed by atoms with Gasteiger partial charge in [-0.05, 0) is 19.1 Å². The van der Waals surface area contributed by atoms with E-state index in [9.17, 15) is 31.2 Å². The SMILES string of the molecule is COC(=O)C1=CC=C(C(N)=O)C(OS(=O)(=O)C(F)(F)F)=C=C1C. The summed E-state index contributed by atoms with van der Waals surface area (Å²) in [5.41, 5.74) is 0.356. The van der Waals surface area contributed by atoms with Crippen LogP contribution < -0.4 is 5.73 Å². The number of nitrogens with two attached hydrogens (primary N) is 1. The molecule has 23 heavy (non-hydrogen) atoms. The molecule has 0 aromatic heterocycles. The first-order valence-electron chi connectivity index (χ1n) is 5.70. The minimum Gasteiger partial charge on any atom is -0.465 e. The molecule has 0 aliphatic heterocycles. The zero-order chi connectivity index (χ0) is 18.0. The number of carbonyl (C=O) groups excluding carboxylic acids is 2. The van der Waals surface area contributed by atoms with Crippen LogP contribution in [0.15, 0.2) is 40.4 Å². The Bertz CT molecular complexity index is 782. The third-order valence-corrected chi connectivity index (χ3v) is 3.47. The van der Waals surface area contributed by atoms with Crippen LogP contribution in [0, 0.1) is 0 Å². The molecule has 2 N–H and O–H groups in total. The summed E-state index contributed by atoms with van der Waals surface area (Å²) in [6.45, 7) is 1.23. The molecule has 11 heteroatoms. The van der Waals surface area contributed by atoms with Gasteiger partial charge in [-0.2, -0.15) is 21.6 Å². The van der Waals surface area contributed by atoms with E-state index in [0.717, 1.165) is 19.3 Å². The van der Waals surface area contributed by atoms with E-state index in [1.54, 1.807) is 0 Å². The van der Waals surface area contributed by atoms with Crippen LogP contribution in [0.5, 0.6) is 0 Å². The summed E-state index contributed by atoms with van der Waals surface area (Å²) < 4.78 is 67.7. The van der Waals surface area contributed by atoms with E-state index in [4.69, 9.17) is 5.73 Å². The van der Waals surface area contributed by atoms with E-state index in [1.807, 2.05) is 0 Å². The molecule has 1 aliphatic carbocycles. The Labute approximate surface area is 128 Å². The Morgan fingerprint density at radius 1 is 1.22 bits per heavy atom. The number of ether oxygens (including phenoxy) is 1. The summed E-state index contributed by atoms with van der Waals surface area (Å²) in [5, 5.41) is 0. The topological polar surface area (TPSA) is 113 Å². The van der Waals surface area contributed by atoms with Gasteiger partial charge in [0.05, 0.1) is 18.3 Å². The Kier molecular flexibility index (Phi) is 5.08. The number of hydrogen-bond acceptors (Lipinski definition) is 6. The highest BCUT2D eigenvalue weighted by molar-refractivity contribution is 7.87. The molecular weight excluding hydrogens is 343 g/mol. The van der Waals surface area contributed by atoms with Gasteiger partial charge in [-0.15, -0.1) is 0 Å². The van der Waals surface area contributed by atoms with Gasteiger partial charge in [-0.1, -0.05) is 5.73 Å². The number of allylic oxidation sites excluding steroid dienone is 2. The molecule has 0 aromatic carbocycles. The minimum absolute atomic E-state index is 0.114. The standard InChI is InChI=1S/C12H10F3NO6S/c1-6-5-9(22-23(19,20)12(13,14)15)8(10(16)17)4-3-7(6)11(18)21-2/h3-4H,1-2H3,(H2,16,17). The number of rotatable bonds is 4. The van der Waals surface area contributed by atoms with Crippen LogP contribution in [0.3, 0.4) is 0 Å². The van der Waals surface area contributed by atoms with Crippen LogP contribution in [-0.2, 0) is 28.6 Å². The van der Waals surface area contributed by atoms with Crippen molar-refractivity contribution in [3.05, 3.63) is 40.4 Å². The first-order valence-corrected chi connectivity index (χ1v) is 7.10. The zero-order valence-electron chi connectivity index (χ0n) is 11.7. The molecule has 0 unspecified atom stereocenters. The molecule has 1 amide bonds. The van der Waals surface area contributed by atoms with Gasteiger partial charge < -0.3 is 14.7 Å². The van der Waals surface area contributed by atoms with Gasteiger partial charge in [0.25, 0.3) is 5.91 Å². The van der Waals surface area contributed by atoms with Crippen molar-refractivity contribution >= 4 is 22.0 Å². The largest absolute Gasteiger partial charge is 0.534 e. The number of primary amides is 1. The highest BCUT2D eigenvalue weighted by atomic mass is 32.2. The molecule has 1 rings (SSSR count). The first kappa shape index (κ1) is 18.5. The van der Waals surface area contributed by atoms with Gasteiger partial charge in [0.15, 0.2) is 5.76 Å². The quantitative estimate of drug-likeness (QED) is 0.346. The predicted molar refractivity (Wildman–Crippen MR) is 69.6 cm³/mol. The van der Waals surface area contributed by atoms with Crippen molar-refractivity contribution in [1.29, 1.82) is 0 Å². The van der Waals surface area contributed by atoms with E-state index in [1.165, 1.54) is 6.92 Å². The van der Waals surface area contributed by atoms with Gasteiger partial charge in [-0.25, -0.2) is 4.79 Å². The lowest BCUT2D eigenvalue weighted by atomic mass is 10.1. The smallest absolute Gasteiger partial charge is 0.465 e. The van der Waals surface area contributed by atoms with Crippen molar-refractivity contribution in [2.45, 2.75) is 12.4 Å². The number of carbonyl (C=O) groups is 2. The average Bonchev–Trinajstić information content (AvgIpc) is 2.55. The van der Waals surface area contributed by atoms with Crippen molar-refractivity contribution in [2.24, 2.45) is 5.73 Å². The Morgan fingerprint density at radius 2 is 1.74 bits per heavy atom. The molecule has 0 saturated carbocycles. The summed E-state index contributed by atoms with van der Waals surface area (Å²) >= 11 is 0. The lowest BCUT2D eigenvalue weighted by molar-refractivity contribution is -0.135. The van der Waals surface area contributed by atoms with Crippen molar-refractivity contribution in [3.8, 4) is 0 Å². The fraction of sp³-hybridized carbons (Fsp3) is 0.250. The van der Waals surface area contributed by atoms with Crippen LogP contribution in [0.2, 0.25) is 0 Å². The van der Waals surface area contributed by atoms with E-state index in [2.05, 4.69) is 14.7 Å². The summed E-state index contributed by atoms with van der Waals surface area (Å²) in [7, 11) is -5.00. The molecule has 7 nitrogen and oxygen atoms in total. The van der Waals surface area contributed by atoms with E-state index >= 15 is 0 Å². The maximum atomic E-state index is 12.4. The van der Waals surface area contributed by atoms with Crippen molar-refractivity contribution < 1.29 is 40.1 Å². The number of alkyl halides is 3. The summed E-state index contributed by atoms with van der Waals surface area (Å²) in [4.78, 5) is 22.8. The average molecular weight is 353 g/mol. The predicted octanol–water partition coefficient (Wildman–Crippen LogP) is 0.806. The number of methoxy groups -OCH3 is 1. The highest BCUT2D eigenvalue weighted by Crippen LogP contribution is 2.29. The summed E-state index contributed by atoms with van der Waals surface area (Å²) in [5.74, 6) is -3.24. The molecule has 0 fully saturated rings. The molecular formula is C12H10F3NO6S. The van der Waals surface area contributed by atoms with Crippen LogP contribution in [-0.4, -0.2) is 32.9 Å². The maximum absolute atomic E-state index is 12.4. The van der Waals surface area contributed by atoms with Gasteiger partial charge in [0.1, 0.15) is 0 Å². The van der Waals surface area contributed by atoms with E-state index < -0.39 is 38.8 Å². The molecule has 0 heterocycles. The van der Waals surface area contributed by atoms with E-state index in [0.29, 0.717) is 0 Å². The molecule has 0 saturated heterocycles. The van der Waals surface area contributed by atoms with Gasteiger partial charge in [-0.3, -0.25) is 4.79 Å². The van der Waals surface area contributed by atoms with Crippen LogP contribution in [0.1, 0.15) is 6.92 Å². The molecule has 0 spiro atoms. The lowest BCUT2D eigenvalue weighted by Gasteiger charge is -2.11. The second-order valence-corrected chi connectivity index (χ2v) is 5.62. The lowest BCUT2D eigenvalue weighted by Crippen LogP contribution is -2.27. The number of hydrogen-bond donors (Lipinski definition) is 1. The molecule has 1 aliphatic rings. The minimum atomic E-state index is -6.05. The normalized spacial score (nSPS) is 15.5. The number of amides is 1. The van der Waals surface area contributed by atoms with Gasteiger partial charge in [0, 0.05) is 5.57 Å². The monoisotopic (exact) mass is 353 g/mol. The number of halogens is 3. The number of esters is 1. The second-order valence-electron chi connectivity index (χ2n) is 4.08. The molecule has 0 radical (unpaired) electrons. The first-order chi connectivity index (χ1) is 10.4. The van der Waals surface area contributed by atoms with Gasteiger partial charge in [0.2, 0.25) is 0 Å². The molecule has 0 bridgehead atoms. The van der Waals surface area contributed by atoms with E-state index in [-0.39, 0.29) is 11.1 Å². The highest BCUT2D eigenvalue weighted by Gasteiger charge is 2.49. The van der Waals surface area contributed by atoms with Crippen LogP contribution >= 0.6 is 0 Å². The molecule has 0 atom stereocenters. The van der Waals surface area contributed by atoms with Crippen molar-refractivity contribution in [2.75, 3.05) is 7.11 Å². The van der Waals surface area contributed by atoms with Gasteiger partial charge >= 0.3 is 21.6 Å². The maximum Gasteiger partial charge on any atom is 0.534 e. The second kappa shape index (κ2) is 6.31. The van der Waals surface area contributed by atoms with Crippen molar-refractivity contribution in [3.63, 3.8) is 0 Å². The fourth-order valence-electron chi connectivity index (χ4n) is 1.42. The van der Waals surface area contributed by atoms with Crippen molar-refractivity contribution in [1.82, 2.24) is 0 Å². The Balaban J connectivity index is 3.52. The van der Waals surface area contributed by atoms with Crippen LogP contribution in [0.25, 0.3) is 0 Å². The summed E-state index contributed by atoms with van der Waals surface area (Å²) in [6, 6.07) is 0. The molecule has 126 valence electrons. The third-order valence-electron chi connectivity index (χ3n) is 2.51. The Hall–Kier alpha value is -2.52. The summed E-state index contributed by atoms with van der Waals surface area (Å²) in [6.07, 6.45) is 1.85. The fourth-order valence-corrected chi connectivity index (χ4v) is 1.87. The zero-order valence-corrected chi connectivity index (χ0v) is 12.5. The molecule has 0 aromatic rings. The Morgan fingerprint density at radius 3 is 2.17 bits per heavy atom.